The van der Waals surface area contributed by atoms with Gasteiger partial charge >= 0.3 is 0 Å². The molecule has 24 heavy (non-hydrogen) atoms. The van der Waals surface area contributed by atoms with E-state index in [1.54, 1.807) is 0 Å². The highest BCUT2D eigenvalue weighted by atomic mass is 16.2. The molecule has 2 unspecified atom stereocenters. The summed E-state index contributed by atoms with van der Waals surface area (Å²) in [4.78, 5) is 44.6. The summed E-state index contributed by atoms with van der Waals surface area (Å²) >= 11 is 0. The fraction of sp³-hybridized carbons (Fsp3) is 0.778. The van der Waals surface area contributed by atoms with Gasteiger partial charge in [-0.1, -0.05) is 51.4 Å². The van der Waals surface area contributed by atoms with E-state index in [-0.39, 0.29) is 11.6 Å². The first-order valence-electron chi connectivity index (χ1n) is 8.87. The zero-order valence-electron chi connectivity index (χ0n) is 15.0. The second kappa shape index (κ2) is 12.7. The Hall–Kier alpha value is -1.72. The van der Waals surface area contributed by atoms with Crippen LogP contribution in [0.25, 0.3) is 0 Å². The van der Waals surface area contributed by atoms with Crippen molar-refractivity contribution in [3.8, 4) is 0 Å². The molecule has 0 fully saturated rings. The quantitative estimate of drug-likeness (QED) is 0.351. The van der Waals surface area contributed by atoms with Gasteiger partial charge in [-0.2, -0.15) is 0 Å². The van der Waals surface area contributed by atoms with E-state index in [1.165, 1.54) is 13.8 Å². The van der Waals surface area contributed by atoms with Gasteiger partial charge in [-0.3, -0.25) is 19.2 Å². The van der Waals surface area contributed by atoms with E-state index in [4.69, 9.17) is 11.5 Å². The van der Waals surface area contributed by atoms with E-state index in [2.05, 4.69) is 0 Å². The van der Waals surface area contributed by atoms with Crippen LogP contribution in [0.5, 0.6) is 0 Å². The van der Waals surface area contributed by atoms with E-state index in [9.17, 15) is 19.2 Å². The molecule has 0 aromatic heterocycles. The molecule has 6 heteroatoms. The number of ketones is 2. The lowest BCUT2D eigenvalue weighted by Gasteiger charge is -2.10. The Morgan fingerprint density at radius 3 is 1.04 bits per heavy atom. The third-order valence-electron chi connectivity index (χ3n) is 4.40. The highest BCUT2D eigenvalue weighted by Gasteiger charge is 2.20. The Bertz CT molecular complexity index is 367. The van der Waals surface area contributed by atoms with E-state index in [0.29, 0.717) is 12.8 Å². The number of amides is 2. The zero-order chi connectivity index (χ0) is 18.5. The van der Waals surface area contributed by atoms with Gasteiger partial charge in [0.1, 0.15) is 11.6 Å². The van der Waals surface area contributed by atoms with Gasteiger partial charge in [0.15, 0.2) is 0 Å². The summed E-state index contributed by atoms with van der Waals surface area (Å²) in [6, 6.07) is 0. The summed E-state index contributed by atoms with van der Waals surface area (Å²) in [5, 5.41) is 0. The summed E-state index contributed by atoms with van der Waals surface area (Å²) < 4.78 is 0. The minimum atomic E-state index is -0.635. The SMILES string of the molecule is CC(=O)C(CCCCCCCCCCC(C(C)=O)C(N)=O)C(N)=O. The van der Waals surface area contributed by atoms with E-state index < -0.39 is 23.7 Å². The van der Waals surface area contributed by atoms with Gasteiger partial charge in [0.25, 0.3) is 0 Å². The van der Waals surface area contributed by atoms with Crippen LogP contribution in [0.3, 0.4) is 0 Å². The summed E-state index contributed by atoms with van der Waals surface area (Å²) in [7, 11) is 0. The van der Waals surface area contributed by atoms with Crippen LogP contribution >= 0.6 is 0 Å². The maximum Gasteiger partial charge on any atom is 0.227 e. The van der Waals surface area contributed by atoms with Crippen LogP contribution in [-0.2, 0) is 19.2 Å². The van der Waals surface area contributed by atoms with Crippen LogP contribution in [0.2, 0.25) is 0 Å². The van der Waals surface area contributed by atoms with Crippen molar-refractivity contribution in [2.45, 2.75) is 78.1 Å². The van der Waals surface area contributed by atoms with Crippen LogP contribution in [-0.4, -0.2) is 23.4 Å². The van der Waals surface area contributed by atoms with Crippen molar-refractivity contribution >= 4 is 23.4 Å². The van der Waals surface area contributed by atoms with Gasteiger partial charge in [-0.05, 0) is 26.7 Å². The normalized spacial score (nSPS) is 13.2. The standard InChI is InChI=1S/C18H32N2O4/c1-13(21)15(17(19)23)11-9-7-5-3-4-6-8-10-12-16(14(2)22)18(20)24/h15-16H,3-12H2,1-2H3,(H2,19,23)(H2,20,24). The summed E-state index contributed by atoms with van der Waals surface area (Å²) in [5.41, 5.74) is 10.4. The Balaban J connectivity index is 3.58. The third kappa shape index (κ3) is 10.1. The van der Waals surface area contributed by atoms with Crippen LogP contribution < -0.4 is 11.5 Å². The van der Waals surface area contributed by atoms with Crippen LogP contribution in [0.15, 0.2) is 0 Å². The Labute approximate surface area is 144 Å². The Kier molecular flexibility index (Phi) is 11.8. The molecular weight excluding hydrogens is 308 g/mol. The molecule has 4 N–H and O–H groups in total. The minimum Gasteiger partial charge on any atom is -0.369 e. The number of hydrogen-bond donors (Lipinski definition) is 2. The average Bonchev–Trinajstić information content (AvgIpc) is 2.46. The zero-order valence-corrected chi connectivity index (χ0v) is 15.0. The molecule has 0 heterocycles. The van der Waals surface area contributed by atoms with Crippen LogP contribution in [0, 0.1) is 11.8 Å². The van der Waals surface area contributed by atoms with Crippen LogP contribution in [0.1, 0.15) is 78.1 Å². The van der Waals surface area contributed by atoms with E-state index in [0.717, 1.165) is 51.4 Å². The molecule has 0 bridgehead atoms. The lowest BCUT2D eigenvalue weighted by molar-refractivity contribution is -0.132. The molecule has 0 aliphatic heterocycles. The number of Topliss-reactive ketones (excluding diaryl/α,β-unsaturated/α-hetero) is 2. The highest BCUT2D eigenvalue weighted by Crippen LogP contribution is 2.16. The topological polar surface area (TPSA) is 120 Å². The maximum atomic E-state index is 11.2. The van der Waals surface area contributed by atoms with Gasteiger partial charge in [-0.15, -0.1) is 0 Å². The monoisotopic (exact) mass is 340 g/mol. The molecule has 2 amide bonds. The molecule has 6 nitrogen and oxygen atoms in total. The van der Waals surface area contributed by atoms with Crippen molar-refractivity contribution in [3.63, 3.8) is 0 Å². The molecule has 138 valence electrons. The Morgan fingerprint density at radius 2 is 0.833 bits per heavy atom. The summed E-state index contributed by atoms with van der Waals surface area (Å²) in [5.74, 6) is -2.62. The van der Waals surface area contributed by atoms with Gasteiger partial charge in [0.2, 0.25) is 11.8 Å². The number of nitrogens with two attached hydrogens (primary N) is 2. The molecule has 0 aliphatic rings. The second-order valence-corrected chi connectivity index (χ2v) is 6.54. The smallest absolute Gasteiger partial charge is 0.227 e. The summed E-state index contributed by atoms with van der Waals surface area (Å²) in [6.07, 6.45) is 9.10. The lowest BCUT2D eigenvalue weighted by atomic mass is 9.95. The van der Waals surface area contributed by atoms with Gasteiger partial charge in [-0.25, -0.2) is 0 Å². The van der Waals surface area contributed by atoms with Crippen molar-refractivity contribution < 1.29 is 19.2 Å². The molecule has 0 aliphatic carbocycles. The fourth-order valence-corrected chi connectivity index (χ4v) is 2.85. The van der Waals surface area contributed by atoms with Crippen LogP contribution in [0.4, 0.5) is 0 Å². The molecule has 0 rings (SSSR count). The fourth-order valence-electron chi connectivity index (χ4n) is 2.85. The van der Waals surface area contributed by atoms with Crippen molar-refractivity contribution in [3.05, 3.63) is 0 Å². The largest absolute Gasteiger partial charge is 0.369 e. The van der Waals surface area contributed by atoms with Crippen molar-refractivity contribution in [1.82, 2.24) is 0 Å². The van der Waals surface area contributed by atoms with Crippen molar-refractivity contribution in [2.75, 3.05) is 0 Å². The third-order valence-corrected chi connectivity index (χ3v) is 4.40. The van der Waals surface area contributed by atoms with Gasteiger partial charge in [0.05, 0.1) is 11.8 Å². The lowest BCUT2D eigenvalue weighted by Crippen LogP contribution is -2.28. The highest BCUT2D eigenvalue weighted by molar-refractivity contribution is 5.99. The summed E-state index contributed by atoms with van der Waals surface area (Å²) in [6.45, 7) is 2.81. The first kappa shape index (κ1) is 22.3. The number of carbonyl (C=O) groups is 4. The molecule has 2 atom stereocenters. The minimum absolute atomic E-state index is 0.151. The number of hydrogen-bond acceptors (Lipinski definition) is 4. The first-order chi connectivity index (χ1) is 11.3. The molecule has 0 aromatic carbocycles. The molecule has 0 aromatic rings. The number of carbonyl (C=O) groups excluding carboxylic acids is 4. The number of primary amides is 2. The van der Waals surface area contributed by atoms with Crippen molar-refractivity contribution in [1.29, 1.82) is 0 Å². The molecule has 0 spiro atoms. The first-order valence-corrected chi connectivity index (χ1v) is 8.87. The predicted octanol–water partition coefficient (Wildman–Crippen LogP) is 2.27. The molecule has 0 radical (unpaired) electrons. The Morgan fingerprint density at radius 1 is 0.583 bits per heavy atom. The number of unbranched alkanes of at least 4 members (excludes halogenated alkanes) is 7. The van der Waals surface area contributed by atoms with Gasteiger partial charge < -0.3 is 11.5 Å². The average molecular weight is 340 g/mol. The molecule has 0 saturated carbocycles. The predicted molar refractivity (Wildman–Crippen MR) is 92.9 cm³/mol. The van der Waals surface area contributed by atoms with Gasteiger partial charge in [0, 0.05) is 0 Å². The van der Waals surface area contributed by atoms with Crippen molar-refractivity contribution in [2.24, 2.45) is 23.3 Å². The number of rotatable bonds is 15. The second-order valence-electron chi connectivity index (χ2n) is 6.54. The molecule has 0 saturated heterocycles. The maximum absolute atomic E-state index is 11.2. The molecular formula is C18H32N2O4. The van der Waals surface area contributed by atoms with E-state index >= 15 is 0 Å². The van der Waals surface area contributed by atoms with E-state index in [1.807, 2.05) is 0 Å².